The van der Waals surface area contributed by atoms with E-state index in [0.717, 1.165) is 0 Å². The van der Waals surface area contributed by atoms with Crippen molar-refractivity contribution in [3.63, 3.8) is 0 Å². The van der Waals surface area contributed by atoms with Gasteiger partial charge in [0.05, 0.1) is 12.1 Å². The number of fused-ring (bicyclic) bond motifs is 1. The quantitative estimate of drug-likeness (QED) is 0.436. The standard InChI is InChI=1S/C7H14N4O2/c8-4-1-2-6(9)5(11-12)3-13-7(4,6)10/h4-5H,1-3,8-10H2. The van der Waals surface area contributed by atoms with Crippen molar-refractivity contribution in [2.45, 2.75) is 36.2 Å². The Morgan fingerprint density at radius 3 is 2.77 bits per heavy atom. The van der Waals surface area contributed by atoms with Crippen LogP contribution in [0.25, 0.3) is 0 Å². The van der Waals surface area contributed by atoms with Gasteiger partial charge in [-0.1, -0.05) is 5.18 Å². The lowest BCUT2D eigenvalue weighted by Gasteiger charge is -2.35. The van der Waals surface area contributed by atoms with Crippen LogP contribution in [0.15, 0.2) is 5.18 Å². The molecule has 1 saturated carbocycles. The molecule has 0 aromatic heterocycles. The highest BCUT2D eigenvalue weighted by molar-refractivity contribution is 5.21. The molecule has 0 amide bonds. The van der Waals surface area contributed by atoms with E-state index in [1.54, 1.807) is 0 Å². The predicted molar refractivity (Wildman–Crippen MR) is 46.6 cm³/mol. The van der Waals surface area contributed by atoms with Crippen molar-refractivity contribution in [3.05, 3.63) is 4.91 Å². The van der Waals surface area contributed by atoms with Crippen LogP contribution in [0.4, 0.5) is 0 Å². The van der Waals surface area contributed by atoms with Crippen molar-refractivity contribution in [1.29, 1.82) is 0 Å². The third-order valence-corrected chi connectivity index (χ3v) is 3.35. The van der Waals surface area contributed by atoms with Gasteiger partial charge in [0.15, 0.2) is 5.72 Å². The average Bonchev–Trinajstić information content (AvgIpc) is 2.48. The van der Waals surface area contributed by atoms with Crippen LogP contribution >= 0.6 is 0 Å². The third kappa shape index (κ3) is 0.859. The number of hydrogen-bond donors (Lipinski definition) is 3. The van der Waals surface area contributed by atoms with Gasteiger partial charge in [-0.3, -0.25) is 0 Å². The molecule has 0 radical (unpaired) electrons. The van der Waals surface area contributed by atoms with E-state index in [0.29, 0.717) is 12.8 Å². The molecule has 6 N–H and O–H groups in total. The summed E-state index contributed by atoms with van der Waals surface area (Å²) in [7, 11) is 0. The molecular formula is C7H14N4O2. The van der Waals surface area contributed by atoms with Gasteiger partial charge in [-0.05, 0) is 12.8 Å². The van der Waals surface area contributed by atoms with Gasteiger partial charge in [-0.25, -0.2) is 0 Å². The number of hydrogen-bond acceptors (Lipinski definition) is 6. The lowest BCUT2D eigenvalue weighted by atomic mass is 9.86. The number of nitroso groups, excluding NO2 is 1. The Hall–Kier alpha value is -0.560. The summed E-state index contributed by atoms with van der Waals surface area (Å²) < 4.78 is 5.32. The zero-order valence-corrected chi connectivity index (χ0v) is 7.27. The molecule has 2 aliphatic rings. The first-order valence-electron chi connectivity index (χ1n) is 4.34. The van der Waals surface area contributed by atoms with Crippen molar-refractivity contribution in [1.82, 2.24) is 0 Å². The van der Waals surface area contributed by atoms with Gasteiger partial charge in [0.1, 0.15) is 6.04 Å². The first-order valence-corrected chi connectivity index (χ1v) is 4.34. The van der Waals surface area contributed by atoms with Gasteiger partial charge in [0, 0.05) is 6.04 Å². The summed E-state index contributed by atoms with van der Waals surface area (Å²) >= 11 is 0. The fraction of sp³-hybridized carbons (Fsp3) is 1.00. The van der Waals surface area contributed by atoms with Crippen LogP contribution in [0.1, 0.15) is 12.8 Å². The molecule has 0 aromatic rings. The molecule has 1 aliphatic heterocycles. The number of nitrogens with zero attached hydrogens (tertiary/aromatic N) is 1. The van der Waals surface area contributed by atoms with Crippen LogP contribution in [0.5, 0.6) is 0 Å². The fourth-order valence-corrected chi connectivity index (χ4v) is 2.31. The summed E-state index contributed by atoms with van der Waals surface area (Å²) in [5.74, 6) is 0. The van der Waals surface area contributed by atoms with Crippen LogP contribution < -0.4 is 17.2 Å². The summed E-state index contributed by atoms with van der Waals surface area (Å²) in [6, 6.07) is -0.865. The zero-order chi connectivity index (χ0) is 9.69. The molecule has 13 heavy (non-hydrogen) atoms. The average molecular weight is 186 g/mol. The van der Waals surface area contributed by atoms with Crippen LogP contribution in [-0.2, 0) is 4.74 Å². The topological polar surface area (TPSA) is 117 Å². The van der Waals surface area contributed by atoms with Crippen molar-refractivity contribution in [2.24, 2.45) is 22.4 Å². The molecule has 2 fully saturated rings. The molecule has 2 rings (SSSR count). The maximum Gasteiger partial charge on any atom is 0.152 e. The zero-order valence-electron chi connectivity index (χ0n) is 7.27. The molecular weight excluding hydrogens is 172 g/mol. The Bertz CT molecular complexity index is 249. The summed E-state index contributed by atoms with van der Waals surface area (Å²) in [6.45, 7) is 0.185. The van der Waals surface area contributed by atoms with Crippen molar-refractivity contribution >= 4 is 0 Å². The van der Waals surface area contributed by atoms with E-state index in [2.05, 4.69) is 5.18 Å². The molecule has 6 heteroatoms. The van der Waals surface area contributed by atoms with Crippen LogP contribution in [0, 0.1) is 4.91 Å². The van der Waals surface area contributed by atoms with Gasteiger partial charge in [0.2, 0.25) is 0 Å². The molecule has 4 unspecified atom stereocenters. The molecule has 0 spiro atoms. The van der Waals surface area contributed by atoms with E-state index >= 15 is 0 Å². The minimum atomic E-state index is -1.06. The minimum Gasteiger partial charge on any atom is -0.355 e. The number of rotatable bonds is 1. The number of nitrogens with two attached hydrogens (primary N) is 3. The SMILES string of the molecule is NC1CCC2(N)C(N=O)COC12N. The summed E-state index contributed by atoms with van der Waals surface area (Å²) in [5.41, 5.74) is 15.8. The second-order valence-corrected chi connectivity index (χ2v) is 3.91. The van der Waals surface area contributed by atoms with E-state index in [-0.39, 0.29) is 12.6 Å². The van der Waals surface area contributed by atoms with Gasteiger partial charge in [0.25, 0.3) is 0 Å². The Kier molecular flexibility index (Phi) is 1.72. The van der Waals surface area contributed by atoms with Gasteiger partial charge in [-0.2, -0.15) is 4.91 Å². The maximum atomic E-state index is 10.5. The molecule has 6 nitrogen and oxygen atoms in total. The van der Waals surface area contributed by atoms with Gasteiger partial charge in [-0.15, -0.1) is 0 Å². The van der Waals surface area contributed by atoms with Crippen LogP contribution in [0.2, 0.25) is 0 Å². The predicted octanol–water partition coefficient (Wildman–Crippen LogP) is -1.37. The molecule has 1 saturated heterocycles. The van der Waals surface area contributed by atoms with E-state index in [1.165, 1.54) is 0 Å². The van der Waals surface area contributed by atoms with Crippen molar-refractivity contribution in [2.75, 3.05) is 6.61 Å². The molecule has 4 atom stereocenters. The third-order valence-electron chi connectivity index (χ3n) is 3.35. The first kappa shape index (κ1) is 9.01. The number of ether oxygens (including phenoxy) is 1. The van der Waals surface area contributed by atoms with Crippen LogP contribution in [0.3, 0.4) is 0 Å². The van der Waals surface area contributed by atoms with Gasteiger partial charge >= 0.3 is 0 Å². The molecule has 0 aromatic carbocycles. The Balaban J connectivity index is 2.37. The second kappa shape index (κ2) is 2.48. The fourth-order valence-electron chi connectivity index (χ4n) is 2.31. The van der Waals surface area contributed by atoms with E-state index < -0.39 is 17.3 Å². The molecule has 1 aliphatic carbocycles. The highest BCUT2D eigenvalue weighted by atomic mass is 16.5. The van der Waals surface area contributed by atoms with E-state index in [4.69, 9.17) is 21.9 Å². The van der Waals surface area contributed by atoms with Crippen molar-refractivity contribution < 1.29 is 4.74 Å². The summed E-state index contributed by atoms with van der Waals surface area (Å²) in [4.78, 5) is 10.5. The van der Waals surface area contributed by atoms with Gasteiger partial charge < -0.3 is 21.9 Å². The normalized spacial score (nSPS) is 55.0. The highest BCUT2D eigenvalue weighted by Gasteiger charge is 2.65. The highest BCUT2D eigenvalue weighted by Crippen LogP contribution is 2.44. The Morgan fingerprint density at radius 1 is 1.46 bits per heavy atom. The minimum absolute atomic E-state index is 0.185. The lowest BCUT2D eigenvalue weighted by molar-refractivity contribution is -0.0233. The van der Waals surface area contributed by atoms with Crippen LogP contribution in [-0.4, -0.2) is 30.0 Å². The molecule has 0 bridgehead atoms. The molecule has 1 heterocycles. The molecule has 74 valence electrons. The smallest absolute Gasteiger partial charge is 0.152 e. The van der Waals surface area contributed by atoms with E-state index in [9.17, 15) is 4.91 Å². The summed E-state index contributed by atoms with van der Waals surface area (Å²) in [5, 5.41) is 2.95. The van der Waals surface area contributed by atoms with E-state index in [1.807, 2.05) is 0 Å². The Morgan fingerprint density at radius 2 is 2.15 bits per heavy atom. The summed E-state index contributed by atoms with van der Waals surface area (Å²) in [6.07, 6.45) is 1.28. The second-order valence-electron chi connectivity index (χ2n) is 3.91. The largest absolute Gasteiger partial charge is 0.355 e. The monoisotopic (exact) mass is 186 g/mol. The maximum absolute atomic E-state index is 10.5. The Labute approximate surface area is 75.7 Å². The first-order chi connectivity index (χ1) is 6.04. The lowest BCUT2D eigenvalue weighted by Crippen LogP contribution is -2.69. The van der Waals surface area contributed by atoms with Crippen molar-refractivity contribution in [3.8, 4) is 0 Å².